The lowest BCUT2D eigenvalue weighted by atomic mass is 10.3. The SMILES string of the molecule is CC(=O)c1csc(NC(=O)COc2ccc(Br)cc2F)n1. The summed E-state index contributed by atoms with van der Waals surface area (Å²) < 4.78 is 19.1. The number of carbonyl (C=O) groups excluding carboxylic acids is 2. The molecule has 0 fully saturated rings. The molecule has 2 rings (SSSR count). The zero-order valence-electron chi connectivity index (χ0n) is 10.9. The molecule has 1 aromatic heterocycles. The lowest BCUT2D eigenvalue weighted by molar-refractivity contribution is -0.118. The average molecular weight is 373 g/mol. The highest BCUT2D eigenvalue weighted by Crippen LogP contribution is 2.21. The van der Waals surface area contributed by atoms with Gasteiger partial charge in [0.05, 0.1) is 0 Å². The van der Waals surface area contributed by atoms with E-state index in [0.717, 1.165) is 11.3 Å². The Hall–Kier alpha value is -1.80. The van der Waals surface area contributed by atoms with E-state index in [1.165, 1.54) is 19.1 Å². The Morgan fingerprint density at radius 3 is 2.86 bits per heavy atom. The number of benzene rings is 1. The maximum atomic E-state index is 13.5. The number of carbonyl (C=O) groups is 2. The number of aromatic nitrogens is 1. The third-order valence-electron chi connectivity index (χ3n) is 2.36. The number of amides is 1. The first kappa shape index (κ1) is 15.6. The molecule has 2 aromatic rings. The molecule has 0 unspecified atom stereocenters. The highest BCUT2D eigenvalue weighted by molar-refractivity contribution is 9.10. The number of rotatable bonds is 5. The van der Waals surface area contributed by atoms with E-state index >= 15 is 0 Å². The average Bonchev–Trinajstić information content (AvgIpc) is 2.86. The summed E-state index contributed by atoms with van der Waals surface area (Å²) in [6.45, 7) is 1.04. The lowest BCUT2D eigenvalue weighted by Crippen LogP contribution is -2.20. The lowest BCUT2D eigenvalue weighted by Gasteiger charge is -2.06. The largest absolute Gasteiger partial charge is 0.481 e. The van der Waals surface area contributed by atoms with Crippen LogP contribution >= 0.6 is 27.3 Å². The van der Waals surface area contributed by atoms with Crippen LogP contribution in [0.25, 0.3) is 0 Å². The highest BCUT2D eigenvalue weighted by Gasteiger charge is 2.11. The predicted octanol–water partition coefficient (Wildman–Crippen LogP) is 3.26. The first-order valence-corrected chi connectivity index (χ1v) is 7.47. The summed E-state index contributed by atoms with van der Waals surface area (Å²) in [5.41, 5.74) is 0.287. The number of nitrogens with one attached hydrogen (secondary N) is 1. The first-order valence-electron chi connectivity index (χ1n) is 5.80. The molecule has 0 spiro atoms. The van der Waals surface area contributed by atoms with E-state index in [1.54, 1.807) is 11.4 Å². The highest BCUT2D eigenvalue weighted by atomic mass is 79.9. The van der Waals surface area contributed by atoms with Gasteiger partial charge < -0.3 is 4.74 Å². The van der Waals surface area contributed by atoms with Gasteiger partial charge in [0.15, 0.2) is 29.1 Å². The number of hydrogen-bond donors (Lipinski definition) is 1. The minimum Gasteiger partial charge on any atom is -0.481 e. The monoisotopic (exact) mass is 372 g/mol. The van der Waals surface area contributed by atoms with Crippen LogP contribution in [-0.4, -0.2) is 23.3 Å². The van der Waals surface area contributed by atoms with Crippen LogP contribution in [0.1, 0.15) is 17.4 Å². The van der Waals surface area contributed by atoms with Gasteiger partial charge in [-0.05, 0) is 18.2 Å². The Balaban J connectivity index is 1.91. The second-order valence-electron chi connectivity index (χ2n) is 4.01. The molecule has 1 amide bonds. The first-order chi connectivity index (χ1) is 9.95. The van der Waals surface area contributed by atoms with Crippen LogP contribution in [0.4, 0.5) is 9.52 Å². The number of ketones is 1. The molecule has 0 bridgehead atoms. The normalized spacial score (nSPS) is 10.2. The summed E-state index contributed by atoms with van der Waals surface area (Å²) in [6, 6.07) is 4.27. The number of halogens is 2. The van der Waals surface area contributed by atoms with E-state index in [0.29, 0.717) is 9.60 Å². The fourth-order valence-corrected chi connectivity index (χ4v) is 2.48. The van der Waals surface area contributed by atoms with E-state index < -0.39 is 11.7 Å². The van der Waals surface area contributed by atoms with Gasteiger partial charge in [0.2, 0.25) is 0 Å². The Bertz CT molecular complexity index is 690. The molecule has 21 heavy (non-hydrogen) atoms. The number of nitrogens with zero attached hydrogens (tertiary/aromatic N) is 1. The molecule has 0 saturated carbocycles. The number of Topliss-reactive ketones (excluding diaryl/α,β-unsaturated/α-hetero) is 1. The van der Waals surface area contributed by atoms with Crippen LogP contribution in [0.2, 0.25) is 0 Å². The van der Waals surface area contributed by atoms with Crippen molar-refractivity contribution < 1.29 is 18.7 Å². The van der Waals surface area contributed by atoms with Gasteiger partial charge in [0.1, 0.15) is 5.69 Å². The molecular weight excluding hydrogens is 363 g/mol. The van der Waals surface area contributed by atoms with Crippen LogP contribution < -0.4 is 10.1 Å². The molecule has 5 nitrogen and oxygen atoms in total. The summed E-state index contributed by atoms with van der Waals surface area (Å²) >= 11 is 4.26. The standard InChI is InChI=1S/C13H10BrFN2O3S/c1-7(18)10-6-21-13(16-10)17-12(19)5-20-11-3-2-8(14)4-9(11)15/h2-4,6H,5H2,1H3,(H,16,17,19). The van der Waals surface area contributed by atoms with Gasteiger partial charge in [0.25, 0.3) is 5.91 Å². The summed E-state index contributed by atoms with van der Waals surface area (Å²) in [6.07, 6.45) is 0. The second kappa shape index (κ2) is 6.77. The van der Waals surface area contributed by atoms with E-state index in [-0.39, 0.29) is 23.8 Å². The minimum absolute atomic E-state index is 0.0167. The summed E-state index contributed by atoms with van der Waals surface area (Å²) in [5, 5.41) is 4.32. The number of ether oxygens (including phenoxy) is 1. The van der Waals surface area contributed by atoms with Crippen LogP contribution in [-0.2, 0) is 4.79 Å². The summed E-state index contributed by atoms with van der Waals surface area (Å²) in [7, 11) is 0. The molecule has 0 aliphatic heterocycles. The Kier molecular flexibility index (Phi) is 5.03. The molecular formula is C13H10BrFN2O3S. The third kappa shape index (κ3) is 4.33. The molecule has 0 aliphatic carbocycles. The molecule has 0 radical (unpaired) electrons. The summed E-state index contributed by atoms with van der Waals surface area (Å²) in [5.74, 6) is -1.25. The van der Waals surface area contributed by atoms with E-state index in [2.05, 4.69) is 26.2 Å². The van der Waals surface area contributed by atoms with Crippen molar-refractivity contribution in [3.05, 3.63) is 39.6 Å². The van der Waals surface area contributed by atoms with Crippen molar-refractivity contribution in [2.45, 2.75) is 6.92 Å². The molecule has 0 atom stereocenters. The van der Waals surface area contributed by atoms with Gasteiger partial charge in [-0.2, -0.15) is 0 Å². The van der Waals surface area contributed by atoms with Crippen molar-refractivity contribution in [1.82, 2.24) is 4.98 Å². The molecule has 1 aromatic carbocycles. The fraction of sp³-hybridized carbons (Fsp3) is 0.154. The van der Waals surface area contributed by atoms with Crippen molar-refractivity contribution in [2.24, 2.45) is 0 Å². The molecule has 0 aliphatic rings. The van der Waals surface area contributed by atoms with Crippen LogP contribution in [0.3, 0.4) is 0 Å². The van der Waals surface area contributed by atoms with E-state index in [4.69, 9.17) is 4.74 Å². The van der Waals surface area contributed by atoms with Gasteiger partial charge in [-0.1, -0.05) is 15.9 Å². The number of thiazole rings is 1. The Labute approximate surface area is 132 Å². The molecule has 1 heterocycles. The molecule has 0 saturated heterocycles. The minimum atomic E-state index is -0.565. The quantitative estimate of drug-likeness (QED) is 0.817. The van der Waals surface area contributed by atoms with Crippen molar-refractivity contribution in [3.8, 4) is 5.75 Å². The smallest absolute Gasteiger partial charge is 0.264 e. The zero-order valence-corrected chi connectivity index (χ0v) is 13.3. The molecule has 1 N–H and O–H groups in total. The summed E-state index contributed by atoms with van der Waals surface area (Å²) in [4.78, 5) is 26.7. The van der Waals surface area contributed by atoms with Gasteiger partial charge >= 0.3 is 0 Å². The van der Waals surface area contributed by atoms with Crippen LogP contribution in [0.15, 0.2) is 28.1 Å². The predicted molar refractivity (Wildman–Crippen MR) is 80.3 cm³/mol. The van der Waals surface area contributed by atoms with Crippen molar-refractivity contribution in [2.75, 3.05) is 11.9 Å². The number of anilines is 1. The van der Waals surface area contributed by atoms with Gasteiger partial charge in [-0.25, -0.2) is 9.37 Å². The maximum Gasteiger partial charge on any atom is 0.264 e. The van der Waals surface area contributed by atoms with Crippen molar-refractivity contribution in [3.63, 3.8) is 0 Å². The van der Waals surface area contributed by atoms with Crippen molar-refractivity contribution in [1.29, 1.82) is 0 Å². The fourth-order valence-electron chi connectivity index (χ4n) is 1.38. The van der Waals surface area contributed by atoms with Gasteiger partial charge in [-0.3, -0.25) is 14.9 Å². The van der Waals surface area contributed by atoms with Crippen LogP contribution in [0, 0.1) is 5.82 Å². The molecule has 8 heteroatoms. The maximum absolute atomic E-state index is 13.5. The Morgan fingerprint density at radius 1 is 1.48 bits per heavy atom. The zero-order chi connectivity index (χ0) is 15.4. The van der Waals surface area contributed by atoms with Crippen molar-refractivity contribution >= 4 is 44.1 Å². The topological polar surface area (TPSA) is 68.3 Å². The Morgan fingerprint density at radius 2 is 2.24 bits per heavy atom. The molecule has 110 valence electrons. The van der Waals surface area contributed by atoms with E-state index in [1.807, 2.05) is 0 Å². The van der Waals surface area contributed by atoms with Gasteiger partial charge in [0, 0.05) is 16.8 Å². The van der Waals surface area contributed by atoms with E-state index in [9.17, 15) is 14.0 Å². The van der Waals surface area contributed by atoms with Crippen LogP contribution in [0.5, 0.6) is 5.75 Å². The van der Waals surface area contributed by atoms with Gasteiger partial charge in [-0.15, -0.1) is 11.3 Å². The second-order valence-corrected chi connectivity index (χ2v) is 5.78. The number of hydrogen-bond acceptors (Lipinski definition) is 5. The third-order valence-corrected chi connectivity index (χ3v) is 3.61.